The number of hydrogen-bond acceptors (Lipinski definition) is 4. The molecule has 1 saturated heterocycles. The lowest BCUT2D eigenvalue weighted by molar-refractivity contribution is 0.306. The van der Waals surface area contributed by atoms with Gasteiger partial charge in [0.05, 0.1) is 10.6 Å². The van der Waals surface area contributed by atoms with Crippen LogP contribution in [0.5, 0.6) is 0 Å². The molecular formula is C21H23ClN4O3S. The third-order valence-corrected chi connectivity index (χ3v) is 7.72. The van der Waals surface area contributed by atoms with Gasteiger partial charge in [0, 0.05) is 31.1 Å². The summed E-state index contributed by atoms with van der Waals surface area (Å²) in [6, 6.07) is 14.2. The largest absolute Gasteiger partial charge is 0.350 e. The van der Waals surface area contributed by atoms with Crippen LogP contribution in [-0.4, -0.2) is 40.2 Å². The second-order valence-corrected chi connectivity index (χ2v) is 9.89. The molecule has 2 heterocycles. The van der Waals surface area contributed by atoms with Gasteiger partial charge in [0.1, 0.15) is 5.82 Å². The second-order valence-electron chi connectivity index (χ2n) is 7.55. The molecule has 1 aromatic heterocycles. The smallest absolute Gasteiger partial charge is 0.247 e. The van der Waals surface area contributed by atoms with Crippen molar-refractivity contribution >= 4 is 21.6 Å². The third kappa shape index (κ3) is 3.71. The Labute approximate surface area is 180 Å². The molecule has 0 N–H and O–H groups in total. The summed E-state index contributed by atoms with van der Waals surface area (Å²) in [6.45, 7) is 2.45. The fraction of sp³-hybridized carbons (Fsp3) is 0.333. The molecule has 1 aliphatic rings. The van der Waals surface area contributed by atoms with E-state index in [-0.39, 0.29) is 23.0 Å². The molecule has 9 heteroatoms. The van der Waals surface area contributed by atoms with Gasteiger partial charge in [-0.1, -0.05) is 35.9 Å². The van der Waals surface area contributed by atoms with Crippen LogP contribution in [0.3, 0.4) is 0 Å². The SMILES string of the molecule is Cc1ccc(Cl)cc1S(=O)(=O)N1CCCC(c2nn(C)c(=O)n2-c2ccccc2)C1. The summed E-state index contributed by atoms with van der Waals surface area (Å²) in [5.41, 5.74) is 1.12. The summed E-state index contributed by atoms with van der Waals surface area (Å²) >= 11 is 6.06. The van der Waals surface area contributed by atoms with Gasteiger partial charge in [-0.05, 0) is 49.6 Å². The van der Waals surface area contributed by atoms with Gasteiger partial charge in [-0.25, -0.2) is 22.5 Å². The van der Waals surface area contributed by atoms with E-state index in [4.69, 9.17) is 11.6 Å². The summed E-state index contributed by atoms with van der Waals surface area (Å²) < 4.78 is 31.0. The Morgan fingerprint density at radius 1 is 1.13 bits per heavy atom. The van der Waals surface area contributed by atoms with Gasteiger partial charge in [-0.15, -0.1) is 0 Å². The zero-order valence-corrected chi connectivity index (χ0v) is 18.4. The van der Waals surface area contributed by atoms with Crippen molar-refractivity contribution in [3.8, 4) is 5.69 Å². The number of rotatable bonds is 4. The Bertz CT molecular complexity index is 1230. The summed E-state index contributed by atoms with van der Waals surface area (Å²) in [6.07, 6.45) is 1.44. The monoisotopic (exact) mass is 446 g/mol. The predicted octanol–water partition coefficient (Wildman–Crippen LogP) is 3.10. The summed E-state index contributed by atoms with van der Waals surface area (Å²) in [5.74, 6) is 0.388. The van der Waals surface area contributed by atoms with Crippen LogP contribution in [0.15, 0.2) is 58.2 Å². The molecular weight excluding hydrogens is 424 g/mol. The van der Waals surface area contributed by atoms with E-state index < -0.39 is 10.0 Å². The van der Waals surface area contributed by atoms with E-state index in [0.29, 0.717) is 29.4 Å². The Balaban J connectivity index is 1.72. The predicted molar refractivity (Wildman–Crippen MR) is 116 cm³/mol. The zero-order chi connectivity index (χ0) is 21.5. The fourth-order valence-corrected chi connectivity index (χ4v) is 5.94. The first-order valence-electron chi connectivity index (χ1n) is 9.76. The van der Waals surface area contributed by atoms with Crippen molar-refractivity contribution in [2.24, 2.45) is 7.05 Å². The second kappa shape index (κ2) is 8.02. The van der Waals surface area contributed by atoms with Crippen LogP contribution >= 0.6 is 11.6 Å². The van der Waals surface area contributed by atoms with Gasteiger partial charge < -0.3 is 0 Å². The molecule has 1 fully saturated rings. The Morgan fingerprint density at radius 2 is 1.87 bits per heavy atom. The average molecular weight is 447 g/mol. The van der Waals surface area contributed by atoms with E-state index in [9.17, 15) is 13.2 Å². The maximum atomic E-state index is 13.3. The Hall–Kier alpha value is -2.42. The van der Waals surface area contributed by atoms with Gasteiger partial charge >= 0.3 is 5.69 Å². The molecule has 0 bridgehead atoms. The highest BCUT2D eigenvalue weighted by molar-refractivity contribution is 7.89. The van der Waals surface area contributed by atoms with E-state index in [1.54, 1.807) is 30.7 Å². The van der Waals surface area contributed by atoms with Crippen LogP contribution in [0.25, 0.3) is 5.69 Å². The van der Waals surface area contributed by atoms with Crippen LogP contribution in [0, 0.1) is 6.92 Å². The Morgan fingerprint density at radius 3 is 2.60 bits per heavy atom. The highest BCUT2D eigenvalue weighted by Crippen LogP contribution is 2.31. The molecule has 0 amide bonds. The first-order valence-corrected chi connectivity index (χ1v) is 11.6. The zero-order valence-electron chi connectivity index (χ0n) is 16.8. The first-order chi connectivity index (χ1) is 14.3. The van der Waals surface area contributed by atoms with Crippen LogP contribution in [0.1, 0.15) is 30.1 Å². The molecule has 0 saturated carbocycles. The van der Waals surface area contributed by atoms with Crippen molar-refractivity contribution < 1.29 is 8.42 Å². The van der Waals surface area contributed by atoms with Gasteiger partial charge in [-0.2, -0.15) is 9.40 Å². The number of hydrogen-bond donors (Lipinski definition) is 0. The maximum Gasteiger partial charge on any atom is 0.350 e. The number of halogens is 1. The number of para-hydroxylation sites is 1. The molecule has 2 aromatic carbocycles. The van der Waals surface area contributed by atoms with Crippen LogP contribution in [0.2, 0.25) is 5.02 Å². The molecule has 3 aromatic rings. The first kappa shape index (κ1) is 20.8. The van der Waals surface area contributed by atoms with Crippen LogP contribution in [0.4, 0.5) is 0 Å². The van der Waals surface area contributed by atoms with Crippen molar-refractivity contribution in [3.63, 3.8) is 0 Å². The molecule has 0 radical (unpaired) electrons. The van der Waals surface area contributed by atoms with Crippen LogP contribution in [-0.2, 0) is 17.1 Å². The highest BCUT2D eigenvalue weighted by Gasteiger charge is 2.34. The van der Waals surface area contributed by atoms with Crippen LogP contribution < -0.4 is 5.69 Å². The number of sulfonamides is 1. The lowest BCUT2D eigenvalue weighted by Gasteiger charge is -2.32. The van der Waals surface area contributed by atoms with E-state index in [0.717, 1.165) is 12.1 Å². The normalized spacial score (nSPS) is 17.9. The number of benzene rings is 2. The third-order valence-electron chi connectivity index (χ3n) is 5.48. The number of nitrogens with zero attached hydrogens (tertiary/aromatic N) is 4. The lowest BCUT2D eigenvalue weighted by Crippen LogP contribution is -2.40. The summed E-state index contributed by atoms with van der Waals surface area (Å²) in [5, 5.41) is 4.84. The molecule has 1 unspecified atom stereocenters. The topological polar surface area (TPSA) is 77.2 Å². The standard InChI is InChI=1S/C21H23ClN4O3S/c1-15-10-11-17(22)13-19(15)30(28,29)25-12-6-7-16(14-25)20-23-24(2)21(27)26(20)18-8-4-3-5-9-18/h3-5,8-11,13,16H,6-7,12,14H2,1-2H3. The van der Waals surface area contributed by atoms with Gasteiger partial charge in [-0.3, -0.25) is 0 Å². The summed E-state index contributed by atoms with van der Waals surface area (Å²) in [7, 11) is -2.10. The summed E-state index contributed by atoms with van der Waals surface area (Å²) in [4.78, 5) is 13.0. The minimum atomic E-state index is -3.71. The molecule has 0 spiro atoms. The van der Waals surface area contributed by atoms with E-state index >= 15 is 0 Å². The van der Waals surface area contributed by atoms with E-state index in [1.165, 1.54) is 15.1 Å². The quantitative estimate of drug-likeness (QED) is 0.617. The van der Waals surface area contributed by atoms with Crippen molar-refractivity contribution in [3.05, 3.63) is 75.4 Å². The molecule has 1 aliphatic heterocycles. The molecule has 30 heavy (non-hydrogen) atoms. The number of piperidine rings is 1. The fourth-order valence-electron chi connectivity index (χ4n) is 3.93. The molecule has 7 nitrogen and oxygen atoms in total. The number of aryl methyl sites for hydroxylation is 2. The minimum absolute atomic E-state index is 0.192. The van der Waals surface area contributed by atoms with E-state index in [1.807, 2.05) is 30.3 Å². The highest BCUT2D eigenvalue weighted by atomic mass is 35.5. The molecule has 4 rings (SSSR count). The number of aromatic nitrogens is 3. The van der Waals surface area contributed by atoms with Gasteiger partial charge in [0.15, 0.2) is 0 Å². The van der Waals surface area contributed by atoms with Crippen molar-refractivity contribution in [1.29, 1.82) is 0 Å². The van der Waals surface area contributed by atoms with Gasteiger partial charge in [0.25, 0.3) is 0 Å². The molecule has 0 aliphatic carbocycles. The van der Waals surface area contributed by atoms with Gasteiger partial charge in [0.2, 0.25) is 10.0 Å². The van der Waals surface area contributed by atoms with Crippen molar-refractivity contribution in [2.75, 3.05) is 13.1 Å². The van der Waals surface area contributed by atoms with Crippen molar-refractivity contribution in [1.82, 2.24) is 18.7 Å². The van der Waals surface area contributed by atoms with E-state index in [2.05, 4.69) is 5.10 Å². The molecule has 1 atom stereocenters. The van der Waals surface area contributed by atoms with Crippen molar-refractivity contribution in [2.45, 2.75) is 30.6 Å². The maximum absolute atomic E-state index is 13.3. The average Bonchev–Trinajstić information content (AvgIpc) is 3.05. The Kier molecular flexibility index (Phi) is 5.57. The minimum Gasteiger partial charge on any atom is -0.247 e. The molecule has 158 valence electrons. The lowest BCUT2D eigenvalue weighted by atomic mass is 9.98.